The highest BCUT2D eigenvalue weighted by atomic mass is 16.7. The Bertz CT molecular complexity index is 314. The van der Waals surface area contributed by atoms with Crippen molar-refractivity contribution in [2.45, 2.75) is 0 Å². The molecule has 0 unspecified atom stereocenters. The second-order valence-electron chi connectivity index (χ2n) is 1.93. The molecule has 0 atom stereocenters. The predicted octanol–water partition coefficient (Wildman–Crippen LogP) is 1.09. The standard InChI is InChI=1S/C8H5NO3/c10-6-9-12-8(11)7-4-2-1-3-5-7/h1-5H. The van der Waals surface area contributed by atoms with Crippen molar-refractivity contribution in [1.29, 1.82) is 0 Å². The molecule has 0 N–H and O–H groups in total. The summed E-state index contributed by atoms with van der Waals surface area (Å²) in [5.41, 5.74) is 0.344. The first-order valence-electron chi connectivity index (χ1n) is 3.18. The minimum atomic E-state index is -0.668. The van der Waals surface area contributed by atoms with Crippen molar-refractivity contribution in [3.63, 3.8) is 0 Å². The van der Waals surface area contributed by atoms with Gasteiger partial charge >= 0.3 is 5.97 Å². The molecular weight excluding hydrogens is 158 g/mol. The molecule has 1 aromatic carbocycles. The predicted molar refractivity (Wildman–Crippen MR) is 40.0 cm³/mol. The van der Waals surface area contributed by atoms with Gasteiger partial charge in [-0.3, -0.25) is 0 Å². The molecule has 1 rings (SSSR count). The number of benzene rings is 1. The molecule has 0 fully saturated rings. The smallest absolute Gasteiger partial charge is 0.301 e. The van der Waals surface area contributed by atoms with Crippen LogP contribution in [0.15, 0.2) is 35.5 Å². The zero-order chi connectivity index (χ0) is 8.81. The third-order valence-electron chi connectivity index (χ3n) is 1.18. The molecular formula is C8H5NO3. The number of hydrogen-bond donors (Lipinski definition) is 0. The Labute approximate surface area is 68.4 Å². The van der Waals surface area contributed by atoms with Gasteiger partial charge in [-0.25, -0.2) is 9.59 Å². The third-order valence-corrected chi connectivity index (χ3v) is 1.18. The molecule has 1 aromatic rings. The summed E-state index contributed by atoms with van der Waals surface area (Å²) in [6, 6.07) is 8.24. The first-order valence-corrected chi connectivity index (χ1v) is 3.18. The van der Waals surface area contributed by atoms with Crippen LogP contribution in [0.3, 0.4) is 0 Å². The number of hydrogen-bond acceptors (Lipinski definition) is 4. The lowest BCUT2D eigenvalue weighted by atomic mass is 10.2. The third kappa shape index (κ3) is 2.04. The molecule has 4 heteroatoms. The largest absolute Gasteiger partial charge is 0.366 e. The van der Waals surface area contributed by atoms with Crippen molar-refractivity contribution in [2.24, 2.45) is 5.16 Å². The number of carbonyl (C=O) groups excluding carboxylic acids is 2. The average Bonchev–Trinajstić information content (AvgIpc) is 2.15. The highest BCUT2D eigenvalue weighted by molar-refractivity contribution is 5.89. The van der Waals surface area contributed by atoms with Gasteiger partial charge < -0.3 is 4.84 Å². The van der Waals surface area contributed by atoms with Crippen LogP contribution in [0.1, 0.15) is 10.4 Å². The fourth-order valence-corrected chi connectivity index (χ4v) is 0.687. The Morgan fingerprint density at radius 2 is 2.00 bits per heavy atom. The van der Waals surface area contributed by atoms with Crippen LogP contribution < -0.4 is 0 Å². The molecule has 0 amide bonds. The highest BCUT2D eigenvalue weighted by Crippen LogP contribution is 2.00. The lowest BCUT2D eigenvalue weighted by Crippen LogP contribution is -1.99. The second-order valence-corrected chi connectivity index (χ2v) is 1.93. The van der Waals surface area contributed by atoms with Gasteiger partial charge in [-0.1, -0.05) is 18.2 Å². The monoisotopic (exact) mass is 163 g/mol. The summed E-state index contributed by atoms with van der Waals surface area (Å²) in [6.07, 6.45) is 1.10. The number of rotatable bonds is 2. The SMILES string of the molecule is O=C=NOC(=O)c1ccccc1. The average molecular weight is 163 g/mol. The van der Waals surface area contributed by atoms with Gasteiger partial charge in [0.15, 0.2) is 0 Å². The zero-order valence-corrected chi connectivity index (χ0v) is 6.06. The van der Waals surface area contributed by atoms with E-state index in [1.54, 1.807) is 30.3 Å². The van der Waals surface area contributed by atoms with Crippen LogP contribution in [-0.2, 0) is 9.63 Å². The van der Waals surface area contributed by atoms with Crippen molar-refractivity contribution in [3.05, 3.63) is 35.9 Å². The molecule has 0 aliphatic heterocycles. The van der Waals surface area contributed by atoms with Crippen molar-refractivity contribution < 1.29 is 14.4 Å². The molecule has 4 nitrogen and oxygen atoms in total. The molecule has 60 valence electrons. The Morgan fingerprint density at radius 1 is 1.33 bits per heavy atom. The molecule has 0 aromatic heterocycles. The molecule has 0 aliphatic carbocycles. The van der Waals surface area contributed by atoms with E-state index in [4.69, 9.17) is 0 Å². The molecule has 0 aliphatic rings. The van der Waals surface area contributed by atoms with E-state index in [0.717, 1.165) is 6.08 Å². The summed E-state index contributed by atoms with van der Waals surface area (Å²) >= 11 is 0. The van der Waals surface area contributed by atoms with Gasteiger partial charge in [-0.05, 0) is 12.1 Å². The highest BCUT2D eigenvalue weighted by Gasteiger charge is 2.04. The summed E-state index contributed by atoms with van der Waals surface area (Å²) in [4.78, 5) is 24.6. The van der Waals surface area contributed by atoms with E-state index in [0.29, 0.717) is 5.56 Å². The maximum atomic E-state index is 10.9. The van der Waals surface area contributed by atoms with Gasteiger partial charge in [0.05, 0.1) is 5.56 Å². The Hall–Kier alpha value is -1.93. The summed E-state index contributed by atoms with van der Waals surface area (Å²) < 4.78 is 0. The second kappa shape index (κ2) is 4.05. The maximum Gasteiger partial charge on any atom is 0.366 e. The van der Waals surface area contributed by atoms with Crippen LogP contribution in [0.4, 0.5) is 0 Å². The zero-order valence-electron chi connectivity index (χ0n) is 6.06. The molecule has 0 heterocycles. The molecule has 0 radical (unpaired) electrons. The van der Waals surface area contributed by atoms with Crippen molar-refractivity contribution >= 4 is 12.0 Å². The summed E-state index contributed by atoms with van der Waals surface area (Å²) in [5.74, 6) is -0.668. The van der Waals surface area contributed by atoms with E-state index in [1.165, 1.54) is 0 Å². The van der Waals surface area contributed by atoms with Crippen molar-refractivity contribution in [2.75, 3.05) is 0 Å². The minimum Gasteiger partial charge on any atom is -0.301 e. The molecule has 0 spiro atoms. The van der Waals surface area contributed by atoms with E-state index in [1.807, 2.05) is 0 Å². The molecule has 0 bridgehead atoms. The Kier molecular flexibility index (Phi) is 2.76. The van der Waals surface area contributed by atoms with Crippen LogP contribution in [0, 0.1) is 0 Å². The first kappa shape index (κ1) is 8.17. The van der Waals surface area contributed by atoms with Crippen LogP contribution in [0.5, 0.6) is 0 Å². The lowest BCUT2D eigenvalue weighted by molar-refractivity contribution is 0.0516. The van der Waals surface area contributed by atoms with E-state index in [-0.39, 0.29) is 0 Å². The quantitative estimate of drug-likeness (QED) is 0.284. The van der Waals surface area contributed by atoms with E-state index in [9.17, 15) is 9.59 Å². The van der Waals surface area contributed by atoms with Crippen LogP contribution in [-0.4, -0.2) is 12.0 Å². The van der Waals surface area contributed by atoms with Gasteiger partial charge in [0.2, 0.25) is 0 Å². The van der Waals surface area contributed by atoms with Crippen LogP contribution in [0.25, 0.3) is 0 Å². The first-order chi connectivity index (χ1) is 5.84. The van der Waals surface area contributed by atoms with Gasteiger partial charge in [0.25, 0.3) is 6.08 Å². The maximum absolute atomic E-state index is 10.9. The van der Waals surface area contributed by atoms with E-state index in [2.05, 4.69) is 9.99 Å². The summed E-state index contributed by atoms with van der Waals surface area (Å²) in [7, 11) is 0. The lowest BCUT2D eigenvalue weighted by Gasteiger charge is -1.93. The Balaban J connectivity index is 2.72. The van der Waals surface area contributed by atoms with Gasteiger partial charge in [-0.15, -0.1) is 0 Å². The van der Waals surface area contributed by atoms with Crippen LogP contribution in [0.2, 0.25) is 0 Å². The normalized spacial score (nSPS) is 8.33. The fourth-order valence-electron chi connectivity index (χ4n) is 0.687. The molecule has 0 saturated heterocycles. The van der Waals surface area contributed by atoms with Crippen LogP contribution >= 0.6 is 0 Å². The van der Waals surface area contributed by atoms with Gasteiger partial charge in [0, 0.05) is 5.16 Å². The molecule has 12 heavy (non-hydrogen) atoms. The van der Waals surface area contributed by atoms with Gasteiger partial charge in [-0.2, -0.15) is 0 Å². The molecule has 0 saturated carbocycles. The number of nitrogens with zero attached hydrogens (tertiary/aromatic N) is 1. The minimum absolute atomic E-state index is 0.344. The fraction of sp³-hybridized carbons (Fsp3) is 0. The topological polar surface area (TPSA) is 55.7 Å². The van der Waals surface area contributed by atoms with Crippen molar-refractivity contribution in [1.82, 2.24) is 0 Å². The number of isocyanates is 1. The van der Waals surface area contributed by atoms with Gasteiger partial charge in [0.1, 0.15) is 0 Å². The summed E-state index contributed by atoms with van der Waals surface area (Å²) in [6.45, 7) is 0. The van der Waals surface area contributed by atoms with E-state index < -0.39 is 5.97 Å². The van der Waals surface area contributed by atoms with Crippen molar-refractivity contribution in [3.8, 4) is 0 Å². The van der Waals surface area contributed by atoms with E-state index >= 15 is 0 Å². The number of carbonyl (C=O) groups is 1. The summed E-state index contributed by atoms with van der Waals surface area (Å²) in [5, 5.41) is 2.69. The Morgan fingerprint density at radius 3 is 2.58 bits per heavy atom.